The molecule has 0 aromatic carbocycles. The van der Waals surface area contributed by atoms with Gasteiger partial charge in [-0.05, 0) is 0 Å². The maximum absolute atomic E-state index is 11.4. The van der Waals surface area contributed by atoms with E-state index in [9.17, 15) is 9.59 Å². The standard InChI is InChI=1S/C8H7N3O4/c1-2-3-9-4-5(8(13)14)11-15-6(4)7(12)10-3/h2H2,1H3,(H,13,14)(H,9,10,12). The topological polar surface area (TPSA) is 109 Å². The summed E-state index contributed by atoms with van der Waals surface area (Å²) in [6, 6.07) is 0. The number of aromatic nitrogens is 3. The minimum absolute atomic E-state index is 0.0110. The van der Waals surface area contributed by atoms with Gasteiger partial charge in [-0.25, -0.2) is 9.78 Å². The van der Waals surface area contributed by atoms with Gasteiger partial charge in [0.1, 0.15) is 5.82 Å². The van der Waals surface area contributed by atoms with E-state index in [2.05, 4.69) is 19.6 Å². The molecule has 7 heteroatoms. The van der Waals surface area contributed by atoms with E-state index < -0.39 is 11.5 Å². The van der Waals surface area contributed by atoms with E-state index in [4.69, 9.17) is 5.11 Å². The van der Waals surface area contributed by atoms with Crippen molar-refractivity contribution in [3.63, 3.8) is 0 Å². The monoisotopic (exact) mass is 209 g/mol. The molecule has 0 spiro atoms. The summed E-state index contributed by atoms with van der Waals surface area (Å²) in [6.07, 6.45) is 0.495. The van der Waals surface area contributed by atoms with E-state index in [-0.39, 0.29) is 16.8 Å². The van der Waals surface area contributed by atoms with E-state index in [0.717, 1.165) is 0 Å². The number of aromatic carboxylic acids is 1. The molecular weight excluding hydrogens is 202 g/mol. The quantitative estimate of drug-likeness (QED) is 0.729. The maximum atomic E-state index is 11.4. The first-order chi connectivity index (χ1) is 7.13. The number of hydrogen-bond donors (Lipinski definition) is 2. The zero-order valence-corrected chi connectivity index (χ0v) is 7.77. The zero-order valence-electron chi connectivity index (χ0n) is 7.77. The largest absolute Gasteiger partial charge is 0.476 e. The van der Waals surface area contributed by atoms with Crippen LogP contribution in [0.15, 0.2) is 9.32 Å². The number of aromatic amines is 1. The van der Waals surface area contributed by atoms with Crippen molar-refractivity contribution in [1.82, 2.24) is 15.1 Å². The van der Waals surface area contributed by atoms with E-state index in [1.165, 1.54) is 0 Å². The van der Waals surface area contributed by atoms with Gasteiger partial charge in [-0.2, -0.15) is 0 Å². The Morgan fingerprint density at radius 3 is 2.93 bits per heavy atom. The Morgan fingerprint density at radius 1 is 1.60 bits per heavy atom. The third-order valence-corrected chi connectivity index (χ3v) is 1.92. The molecule has 78 valence electrons. The highest BCUT2D eigenvalue weighted by Crippen LogP contribution is 2.11. The van der Waals surface area contributed by atoms with Gasteiger partial charge in [-0.15, -0.1) is 0 Å². The van der Waals surface area contributed by atoms with Gasteiger partial charge in [-0.3, -0.25) is 4.79 Å². The molecule has 0 saturated heterocycles. The van der Waals surface area contributed by atoms with Gasteiger partial charge in [0.2, 0.25) is 5.69 Å². The molecule has 2 heterocycles. The summed E-state index contributed by atoms with van der Waals surface area (Å²) in [6.45, 7) is 1.79. The van der Waals surface area contributed by atoms with Crippen molar-refractivity contribution in [3.05, 3.63) is 21.9 Å². The summed E-state index contributed by atoms with van der Waals surface area (Å²) in [5.41, 5.74) is -1.03. The highest BCUT2D eigenvalue weighted by Gasteiger charge is 2.19. The van der Waals surface area contributed by atoms with Crippen molar-refractivity contribution in [1.29, 1.82) is 0 Å². The van der Waals surface area contributed by atoms with Crippen LogP contribution in [0.3, 0.4) is 0 Å². The van der Waals surface area contributed by atoms with Crippen LogP contribution in [0.4, 0.5) is 0 Å². The summed E-state index contributed by atoms with van der Waals surface area (Å²) in [4.78, 5) is 28.5. The van der Waals surface area contributed by atoms with Crippen molar-refractivity contribution in [2.75, 3.05) is 0 Å². The maximum Gasteiger partial charge on any atom is 0.360 e. The number of carboxylic acids is 1. The van der Waals surface area contributed by atoms with Crippen LogP contribution in [0.5, 0.6) is 0 Å². The molecule has 0 bridgehead atoms. The highest BCUT2D eigenvalue weighted by molar-refractivity contribution is 5.97. The van der Waals surface area contributed by atoms with Crippen molar-refractivity contribution in [2.24, 2.45) is 0 Å². The van der Waals surface area contributed by atoms with Crippen LogP contribution in [0.2, 0.25) is 0 Å². The first-order valence-electron chi connectivity index (χ1n) is 4.25. The summed E-state index contributed by atoms with van der Waals surface area (Å²) >= 11 is 0. The summed E-state index contributed by atoms with van der Waals surface area (Å²) in [5, 5.41) is 12.0. The van der Waals surface area contributed by atoms with E-state index in [0.29, 0.717) is 12.2 Å². The Hall–Kier alpha value is -2.18. The van der Waals surface area contributed by atoms with Crippen LogP contribution in [0.25, 0.3) is 11.1 Å². The minimum atomic E-state index is -1.27. The SMILES string of the molecule is CCc1nc2c(C(=O)O)noc2c(=O)[nH]1. The average Bonchev–Trinajstić information content (AvgIpc) is 2.61. The number of H-pyrrole nitrogens is 1. The molecule has 2 N–H and O–H groups in total. The van der Waals surface area contributed by atoms with E-state index in [1.54, 1.807) is 6.92 Å². The first-order valence-corrected chi connectivity index (χ1v) is 4.25. The molecule has 2 aromatic heterocycles. The molecule has 2 aromatic rings. The molecule has 0 unspecified atom stereocenters. The van der Waals surface area contributed by atoms with Gasteiger partial charge in [-0.1, -0.05) is 12.1 Å². The van der Waals surface area contributed by atoms with E-state index in [1.807, 2.05) is 0 Å². The molecule has 0 aliphatic rings. The number of fused-ring (bicyclic) bond motifs is 1. The van der Waals surface area contributed by atoms with Gasteiger partial charge >= 0.3 is 5.97 Å². The van der Waals surface area contributed by atoms with E-state index >= 15 is 0 Å². The molecule has 0 aliphatic heterocycles. The average molecular weight is 209 g/mol. The summed E-state index contributed by atoms with van der Waals surface area (Å²) in [5.74, 6) is -0.868. The molecule has 0 saturated carbocycles. The third-order valence-electron chi connectivity index (χ3n) is 1.92. The first kappa shape index (κ1) is 9.38. The van der Waals surface area contributed by atoms with Crippen molar-refractivity contribution in [2.45, 2.75) is 13.3 Å². The zero-order chi connectivity index (χ0) is 11.0. The Bertz CT molecular complexity index is 583. The van der Waals surface area contributed by atoms with Crippen LogP contribution >= 0.6 is 0 Å². The smallest absolute Gasteiger partial charge is 0.360 e. The number of rotatable bonds is 2. The molecule has 0 fully saturated rings. The molecule has 0 aliphatic carbocycles. The molecule has 0 amide bonds. The Balaban J connectivity index is 2.84. The van der Waals surface area contributed by atoms with Gasteiger partial charge < -0.3 is 14.6 Å². The van der Waals surface area contributed by atoms with Crippen molar-refractivity contribution in [3.8, 4) is 0 Å². The number of carboxylic acid groups (broad SMARTS) is 1. The summed E-state index contributed by atoms with van der Waals surface area (Å²) in [7, 11) is 0. The van der Waals surface area contributed by atoms with Crippen LogP contribution in [0.1, 0.15) is 23.2 Å². The lowest BCUT2D eigenvalue weighted by Crippen LogP contribution is -2.11. The van der Waals surface area contributed by atoms with Gasteiger partial charge in [0.15, 0.2) is 5.52 Å². The lowest BCUT2D eigenvalue weighted by molar-refractivity contribution is 0.0687. The predicted octanol–water partition coefficient (Wildman–Crippen LogP) is 0.172. The Labute approximate surface area is 82.7 Å². The Morgan fingerprint density at radius 2 is 2.33 bits per heavy atom. The predicted molar refractivity (Wildman–Crippen MR) is 48.8 cm³/mol. The minimum Gasteiger partial charge on any atom is -0.476 e. The molecular formula is C8H7N3O4. The fourth-order valence-electron chi connectivity index (χ4n) is 1.20. The second kappa shape index (κ2) is 3.19. The highest BCUT2D eigenvalue weighted by atomic mass is 16.5. The lowest BCUT2D eigenvalue weighted by Gasteiger charge is -1.94. The molecule has 7 nitrogen and oxygen atoms in total. The van der Waals surface area contributed by atoms with Gasteiger partial charge in [0, 0.05) is 6.42 Å². The van der Waals surface area contributed by atoms with Crippen LogP contribution < -0.4 is 5.56 Å². The third kappa shape index (κ3) is 1.37. The second-order valence-electron chi connectivity index (χ2n) is 2.88. The summed E-state index contributed by atoms with van der Waals surface area (Å²) < 4.78 is 4.60. The van der Waals surface area contributed by atoms with Gasteiger partial charge in [0.25, 0.3) is 11.1 Å². The van der Waals surface area contributed by atoms with Crippen molar-refractivity contribution >= 4 is 17.1 Å². The van der Waals surface area contributed by atoms with Crippen molar-refractivity contribution < 1.29 is 14.4 Å². The Kier molecular flexibility index (Phi) is 2.00. The molecule has 0 radical (unpaired) electrons. The fourth-order valence-corrected chi connectivity index (χ4v) is 1.20. The number of carbonyl (C=O) groups is 1. The normalized spacial score (nSPS) is 10.7. The number of aryl methyl sites for hydroxylation is 1. The number of nitrogens with one attached hydrogen (secondary N) is 1. The van der Waals surface area contributed by atoms with Crippen LogP contribution in [0, 0.1) is 0 Å². The second-order valence-corrected chi connectivity index (χ2v) is 2.88. The number of nitrogens with zero attached hydrogens (tertiary/aromatic N) is 2. The lowest BCUT2D eigenvalue weighted by atomic mass is 10.3. The molecule has 2 rings (SSSR count). The molecule has 0 atom stereocenters. The van der Waals surface area contributed by atoms with Gasteiger partial charge in [0.05, 0.1) is 0 Å². The fraction of sp³-hybridized carbons (Fsp3) is 0.250. The van der Waals surface area contributed by atoms with Crippen LogP contribution in [-0.4, -0.2) is 26.2 Å². The number of hydrogen-bond acceptors (Lipinski definition) is 5. The molecule has 15 heavy (non-hydrogen) atoms. The van der Waals surface area contributed by atoms with Crippen LogP contribution in [-0.2, 0) is 6.42 Å².